The fraction of sp³-hybridized carbons (Fsp3) is 0.0588. The summed E-state index contributed by atoms with van der Waals surface area (Å²) in [5.74, 6) is -0.220. The van der Waals surface area contributed by atoms with Gasteiger partial charge in [0.25, 0.3) is 0 Å². The van der Waals surface area contributed by atoms with Crippen molar-refractivity contribution in [3.8, 4) is 11.3 Å². The molecule has 3 aromatic rings. The van der Waals surface area contributed by atoms with E-state index in [0.717, 1.165) is 20.1 Å². The quantitative estimate of drug-likeness (QED) is 0.556. The van der Waals surface area contributed by atoms with Gasteiger partial charge in [0.1, 0.15) is 5.82 Å². The molecule has 1 aromatic heterocycles. The Morgan fingerprint density at radius 2 is 1.88 bits per heavy atom. The molecular weight excluding hydrogens is 411 g/mol. The zero-order valence-corrected chi connectivity index (χ0v) is 15.6. The van der Waals surface area contributed by atoms with Crippen LogP contribution in [0.15, 0.2) is 62.7 Å². The van der Waals surface area contributed by atoms with E-state index in [-0.39, 0.29) is 17.5 Å². The smallest absolute Gasteiger partial charge is 0.234 e. The average molecular weight is 423 g/mol. The maximum atomic E-state index is 12.8. The monoisotopic (exact) mass is 422 g/mol. The maximum absolute atomic E-state index is 12.8. The molecule has 0 bridgehead atoms. The molecule has 122 valence electrons. The van der Waals surface area contributed by atoms with Gasteiger partial charge in [-0.3, -0.25) is 4.79 Å². The maximum Gasteiger partial charge on any atom is 0.234 e. The third-order valence-electron chi connectivity index (χ3n) is 3.08. The highest BCUT2D eigenvalue weighted by Crippen LogP contribution is 2.29. The van der Waals surface area contributed by atoms with Crippen molar-refractivity contribution in [3.05, 3.63) is 64.2 Å². The van der Waals surface area contributed by atoms with Crippen LogP contribution < -0.4 is 5.32 Å². The molecule has 0 unspecified atom stereocenters. The number of benzene rings is 2. The number of thiazole rings is 1. The number of carbonyl (C=O) groups is 1. The molecule has 24 heavy (non-hydrogen) atoms. The summed E-state index contributed by atoms with van der Waals surface area (Å²) < 4.78 is 14.7. The lowest BCUT2D eigenvalue weighted by Crippen LogP contribution is -2.13. The largest absolute Gasteiger partial charge is 0.325 e. The Morgan fingerprint density at radius 3 is 2.58 bits per heavy atom. The molecule has 0 aliphatic heterocycles. The summed E-state index contributed by atoms with van der Waals surface area (Å²) in [5, 5.41) is 4.70. The van der Waals surface area contributed by atoms with Crippen molar-refractivity contribution in [3.63, 3.8) is 0 Å². The van der Waals surface area contributed by atoms with E-state index in [1.165, 1.54) is 47.4 Å². The molecule has 0 radical (unpaired) electrons. The summed E-state index contributed by atoms with van der Waals surface area (Å²) in [6.45, 7) is 0. The second kappa shape index (κ2) is 7.92. The minimum absolute atomic E-state index is 0.146. The van der Waals surface area contributed by atoms with Crippen molar-refractivity contribution < 1.29 is 9.18 Å². The number of amides is 1. The fourth-order valence-electron chi connectivity index (χ4n) is 1.93. The standard InChI is InChI=1S/C17H12BrFN2OS2/c18-12-3-1-11(2-4-12)15-9-23-17(21-15)24-10-16(22)20-14-7-5-13(19)6-8-14/h1-9H,10H2,(H,20,22). The molecule has 2 aromatic carbocycles. The molecule has 1 N–H and O–H groups in total. The molecule has 0 spiro atoms. The number of aromatic nitrogens is 1. The number of halogens is 2. The van der Waals surface area contributed by atoms with E-state index in [1.54, 1.807) is 0 Å². The van der Waals surface area contributed by atoms with E-state index in [9.17, 15) is 9.18 Å². The summed E-state index contributed by atoms with van der Waals surface area (Å²) in [7, 11) is 0. The number of hydrogen-bond donors (Lipinski definition) is 1. The van der Waals surface area contributed by atoms with Crippen molar-refractivity contribution in [2.45, 2.75) is 4.34 Å². The highest BCUT2D eigenvalue weighted by Gasteiger charge is 2.08. The summed E-state index contributed by atoms with van der Waals surface area (Å²) in [6, 6.07) is 13.6. The van der Waals surface area contributed by atoms with Crippen LogP contribution in [-0.2, 0) is 4.79 Å². The first-order valence-electron chi connectivity index (χ1n) is 7.00. The third kappa shape index (κ3) is 4.66. The molecule has 1 amide bonds. The van der Waals surface area contributed by atoms with Crippen molar-refractivity contribution in [1.29, 1.82) is 0 Å². The molecular formula is C17H12BrFN2OS2. The number of thioether (sulfide) groups is 1. The Morgan fingerprint density at radius 1 is 1.17 bits per heavy atom. The van der Waals surface area contributed by atoms with E-state index in [0.29, 0.717) is 5.69 Å². The Bertz CT molecular complexity index is 835. The molecule has 3 rings (SSSR count). The van der Waals surface area contributed by atoms with Crippen LogP contribution in [0.25, 0.3) is 11.3 Å². The molecule has 1 heterocycles. The van der Waals surface area contributed by atoms with Gasteiger partial charge < -0.3 is 5.32 Å². The number of nitrogens with zero attached hydrogens (tertiary/aromatic N) is 1. The lowest BCUT2D eigenvalue weighted by Gasteiger charge is -2.03. The number of carbonyl (C=O) groups excluding carboxylic acids is 1. The number of hydrogen-bond acceptors (Lipinski definition) is 4. The Hall–Kier alpha value is -1.70. The van der Waals surface area contributed by atoms with Crippen LogP contribution in [-0.4, -0.2) is 16.6 Å². The third-order valence-corrected chi connectivity index (χ3v) is 5.63. The highest BCUT2D eigenvalue weighted by atomic mass is 79.9. The van der Waals surface area contributed by atoms with Crippen LogP contribution in [0.2, 0.25) is 0 Å². The molecule has 0 saturated carbocycles. The molecule has 0 atom stereocenters. The van der Waals surface area contributed by atoms with Gasteiger partial charge in [-0.25, -0.2) is 9.37 Å². The van der Waals surface area contributed by atoms with Crippen molar-refractivity contribution >= 4 is 50.6 Å². The van der Waals surface area contributed by atoms with Gasteiger partial charge in [0.2, 0.25) is 5.91 Å². The van der Waals surface area contributed by atoms with Gasteiger partial charge in [0, 0.05) is 21.1 Å². The van der Waals surface area contributed by atoms with Gasteiger partial charge in [-0.15, -0.1) is 11.3 Å². The zero-order chi connectivity index (χ0) is 16.9. The predicted octanol–water partition coefficient (Wildman–Crippen LogP) is 5.44. The summed E-state index contributed by atoms with van der Waals surface area (Å²) >= 11 is 6.30. The van der Waals surface area contributed by atoms with Crippen LogP contribution >= 0.6 is 39.0 Å². The zero-order valence-electron chi connectivity index (χ0n) is 12.3. The summed E-state index contributed by atoms with van der Waals surface area (Å²) in [6.07, 6.45) is 0. The second-order valence-corrected chi connectivity index (χ2v) is 7.85. The van der Waals surface area contributed by atoms with Gasteiger partial charge in [0.05, 0.1) is 11.4 Å². The number of rotatable bonds is 5. The Labute approximate surface area is 155 Å². The molecule has 0 aliphatic rings. The predicted molar refractivity (Wildman–Crippen MR) is 101 cm³/mol. The van der Waals surface area contributed by atoms with E-state index >= 15 is 0 Å². The van der Waals surface area contributed by atoms with E-state index in [1.807, 2.05) is 29.6 Å². The van der Waals surface area contributed by atoms with E-state index < -0.39 is 0 Å². The van der Waals surface area contributed by atoms with E-state index in [2.05, 4.69) is 26.2 Å². The van der Waals surface area contributed by atoms with Gasteiger partial charge in [-0.1, -0.05) is 39.8 Å². The van der Waals surface area contributed by atoms with Gasteiger partial charge in [0.15, 0.2) is 4.34 Å². The number of anilines is 1. The minimum Gasteiger partial charge on any atom is -0.325 e. The van der Waals surface area contributed by atoms with Crippen LogP contribution in [0, 0.1) is 5.82 Å². The number of nitrogens with one attached hydrogen (secondary N) is 1. The summed E-state index contributed by atoms with van der Waals surface area (Å²) in [5.41, 5.74) is 2.52. The SMILES string of the molecule is O=C(CSc1nc(-c2ccc(Br)cc2)cs1)Nc1ccc(F)cc1. The lowest BCUT2D eigenvalue weighted by molar-refractivity contribution is -0.113. The minimum atomic E-state index is -0.328. The van der Waals surface area contributed by atoms with Crippen LogP contribution in [0.1, 0.15) is 0 Å². The average Bonchev–Trinajstić information content (AvgIpc) is 3.05. The normalized spacial score (nSPS) is 10.6. The van der Waals surface area contributed by atoms with Crippen LogP contribution in [0.4, 0.5) is 10.1 Å². The topological polar surface area (TPSA) is 42.0 Å². The van der Waals surface area contributed by atoms with Crippen molar-refractivity contribution in [1.82, 2.24) is 4.98 Å². The van der Waals surface area contributed by atoms with Gasteiger partial charge >= 0.3 is 0 Å². The van der Waals surface area contributed by atoms with Crippen LogP contribution in [0.3, 0.4) is 0 Å². The van der Waals surface area contributed by atoms with Crippen LogP contribution in [0.5, 0.6) is 0 Å². The molecule has 0 saturated heterocycles. The highest BCUT2D eigenvalue weighted by molar-refractivity contribution is 9.10. The van der Waals surface area contributed by atoms with Crippen molar-refractivity contribution in [2.75, 3.05) is 11.1 Å². The Kier molecular flexibility index (Phi) is 5.65. The molecule has 0 aliphatic carbocycles. The lowest BCUT2D eigenvalue weighted by atomic mass is 10.2. The van der Waals surface area contributed by atoms with E-state index in [4.69, 9.17) is 0 Å². The van der Waals surface area contributed by atoms with Crippen molar-refractivity contribution in [2.24, 2.45) is 0 Å². The van der Waals surface area contributed by atoms with Gasteiger partial charge in [-0.2, -0.15) is 0 Å². The first-order valence-corrected chi connectivity index (χ1v) is 9.66. The molecule has 7 heteroatoms. The molecule has 3 nitrogen and oxygen atoms in total. The summed E-state index contributed by atoms with van der Waals surface area (Å²) in [4.78, 5) is 16.5. The second-order valence-electron chi connectivity index (χ2n) is 4.85. The first kappa shape index (κ1) is 17.1. The first-order chi connectivity index (χ1) is 11.6. The molecule has 0 fully saturated rings. The Balaban J connectivity index is 1.56. The van der Waals surface area contributed by atoms with Gasteiger partial charge in [-0.05, 0) is 36.4 Å². The fourth-order valence-corrected chi connectivity index (χ4v) is 3.83.